The first-order valence-corrected chi connectivity index (χ1v) is 8.14. The Kier molecular flexibility index (Phi) is 4.00. The normalized spacial score (nSPS) is 28.0. The quantitative estimate of drug-likeness (QED) is 0.426. The van der Waals surface area contributed by atoms with Crippen molar-refractivity contribution in [1.29, 1.82) is 0 Å². The molecule has 0 aromatic carbocycles. The van der Waals surface area contributed by atoms with E-state index in [-0.39, 0.29) is 23.9 Å². The Morgan fingerprint density at radius 1 is 1.35 bits per heavy atom. The Hall–Kier alpha value is -1.43. The number of fused-ring (bicyclic) bond motifs is 1. The van der Waals surface area contributed by atoms with Crippen molar-refractivity contribution in [3.05, 3.63) is 24.0 Å². The van der Waals surface area contributed by atoms with Crippen molar-refractivity contribution in [3.8, 4) is 0 Å². The van der Waals surface area contributed by atoms with E-state index in [1.54, 1.807) is 6.20 Å². The summed E-state index contributed by atoms with van der Waals surface area (Å²) < 4.78 is 0. The highest BCUT2D eigenvalue weighted by molar-refractivity contribution is 8.00. The second kappa shape index (κ2) is 5.91. The number of aromatic amines is 1. The van der Waals surface area contributed by atoms with E-state index in [9.17, 15) is 9.59 Å². The summed E-state index contributed by atoms with van der Waals surface area (Å²) in [4.78, 5) is 26.0. The Morgan fingerprint density at radius 2 is 2.25 bits per heavy atom. The van der Waals surface area contributed by atoms with Gasteiger partial charge in [0.05, 0.1) is 17.8 Å². The summed E-state index contributed by atoms with van der Waals surface area (Å²) in [6, 6.07) is 4.19. The van der Waals surface area contributed by atoms with Crippen LogP contribution in [0.25, 0.3) is 0 Å². The van der Waals surface area contributed by atoms with Crippen molar-refractivity contribution in [2.45, 2.75) is 43.0 Å². The number of ketones is 1. The predicted molar refractivity (Wildman–Crippen MR) is 79.1 cm³/mol. The molecule has 2 aliphatic heterocycles. The lowest BCUT2D eigenvalue weighted by molar-refractivity contribution is 0.0975. The van der Waals surface area contributed by atoms with Crippen molar-refractivity contribution in [3.63, 3.8) is 0 Å². The average molecular weight is 293 g/mol. The number of Topliss-reactive ketones (excluding diaryl/α,β-unsaturated/α-hetero) is 1. The van der Waals surface area contributed by atoms with Gasteiger partial charge in [-0.1, -0.05) is 6.42 Å². The summed E-state index contributed by atoms with van der Waals surface area (Å²) in [7, 11) is 0. The van der Waals surface area contributed by atoms with Gasteiger partial charge in [0.2, 0.25) is 0 Å². The van der Waals surface area contributed by atoms with Gasteiger partial charge in [-0.15, -0.1) is 0 Å². The minimum absolute atomic E-state index is 0.0350. The van der Waals surface area contributed by atoms with Crippen molar-refractivity contribution in [2.24, 2.45) is 0 Å². The van der Waals surface area contributed by atoms with Crippen LogP contribution < -0.4 is 10.6 Å². The standard InChI is InChI=1S/C14H19N3O2S/c18-11(9-4-3-7-15-9)5-1-2-6-12-13-10(8-20-12)16-14(19)17-13/h3-4,7,10,12-13,15H,1-2,5-6,8H2,(H2,16,17,19)/t10-,12-,13-/m0/s1. The third kappa shape index (κ3) is 2.85. The molecule has 0 unspecified atom stereocenters. The maximum absolute atomic E-state index is 11.8. The third-order valence-corrected chi connectivity index (χ3v) is 5.49. The number of carbonyl (C=O) groups excluding carboxylic acids is 2. The number of unbranched alkanes of at least 4 members (excludes halogenated alkanes) is 1. The molecule has 3 heterocycles. The first-order valence-electron chi connectivity index (χ1n) is 7.09. The maximum Gasteiger partial charge on any atom is 0.315 e. The summed E-state index contributed by atoms with van der Waals surface area (Å²) >= 11 is 1.92. The SMILES string of the molecule is O=C1N[C@H]2[C@H](CS[C@H]2CCCCC(=O)c2ccc[nH]2)N1. The fourth-order valence-corrected chi connectivity index (χ4v) is 4.46. The second-order valence-corrected chi connectivity index (χ2v) is 6.65. The van der Waals surface area contributed by atoms with Gasteiger partial charge >= 0.3 is 6.03 Å². The van der Waals surface area contributed by atoms with E-state index < -0.39 is 0 Å². The molecule has 5 nitrogen and oxygen atoms in total. The first kappa shape index (κ1) is 13.5. The zero-order valence-electron chi connectivity index (χ0n) is 11.2. The number of H-pyrrole nitrogens is 1. The number of urea groups is 1. The average Bonchev–Trinajstić information content (AvgIpc) is 3.11. The zero-order chi connectivity index (χ0) is 13.9. The minimum Gasteiger partial charge on any atom is -0.359 e. The highest BCUT2D eigenvalue weighted by atomic mass is 32.2. The molecule has 3 rings (SSSR count). The summed E-state index contributed by atoms with van der Waals surface area (Å²) in [5.74, 6) is 1.18. The van der Waals surface area contributed by atoms with Crippen LogP contribution in [0.2, 0.25) is 0 Å². The van der Waals surface area contributed by atoms with Crippen LogP contribution in [0.5, 0.6) is 0 Å². The van der Waals surface area contributed by atoms with Crippen LogP contribution in [-0.2, 0) is 0 Å². The summed E-state index contributed by atoms with van der Waals surface area (Å²) in [5.41, 5.74) is 0.701. The molecule has 0 bridgehead atoms. The number of hydrogen-bond acceptors (Lipinski definition) is 3. The fraction of sp³-hybridized carbons (Fsp3) is 0.571. The number of rotatable bonds is 6. The van der Waals surface area contributed by atoms with Gasteiger partial charge in [0.1, 0.15) is 0 Å². The smallest absolute Gasteiger partial charge is 0.315 e. The molecule has 0 spiro atoms. The van der Waals surface area contributed by atoms with E-state index in [4.69, 9.17) is 0 Å². The summed E-state index contributed by atoms with van der Waals surface area (Å²) in [6.07, 6.45) is 5.37. The molecule has 3 N–H and O–H groups in total. The van der Waals surface area contributed by atoms with Gasteiger partial charge in [0.25, 0.3) is 0 Å². The van der Waals surface area contributed by atoms with Gasteiger partial charge in [-0.3, -0.25) is 4.79 Å². The largest absolute Gasteiger partial charge is 0.359 e. The lowest BCUT2D eigenvalue weighted by Gasteiger charge is -2.16. The van der Waals surface area contributed by atoms with E-state index in [1.807, 2.05) is 23.9 Å². The summed E-state index contributed by atoms with van der Waals surface area (Å²) in [6.45, 7) is 0. The number of aromatic nitrogens is 1. The van der Waals surface area contributed by atoms with Crippen molar-refractivity contribution in [1.82, 2.24) is 15.6 Å². The number of carbonyl (C=O) groups is 2. The van der Waals surface area contributed by atoms with Crippen LogP contribution in [0, 0.1) is 0 Å². The molecule has 2 fully saturated rings. The predicted octanol–water partition coefficient (Wildman–Crippen LogP) is 1.92. The topological polar surface area (TPSA) is 74.0 Å². The Morgan fingerprint density at radius 3 is 3.05 bits per heavy atom. The molecule has 6 heteroatoms. The highest BCUT2D eigenvalue weighted by Gasteiger charge is 2.42. The molecule has 108 valence electrons. The first-order chi connectivity index (χ1) is 9.74. The van der Waals surface area contributed by atoms with E-state index >= 15 is 0 Å². The van der Waals surface area contributed by atoms with Gasteiger partial charge in [0.15, 0.2) is 5.78 Å². The molecule has 2 aliphatic rings. The molecule has 20 heavy (non-hydrogen) atoms. The van der Waals surface area contributed by atoms with Crippen molar-refractivity contribution < 1.29 is 9.59 Å². The fourth-order valence-electron chi connectivity index (χ4n) is 2.91. The highest BCUT2D eigenvalue weighted by Crippen LogP contribution is 2.33. The van der Waals surface area contributed by atoms with Crippen LogP contribution in [0.1, 0.15) is 36.2 Å². The number of hydrogen-bond donors (Lipinski definition) is 3. The van der Waals surface area contributed by atoms with Crippen LogP contribution in [0.3, 0.4) is 0 Å². The lowest BCUT2D eigenvalue weighted by Crippen LogP contribution is -2.36. The number of thioether (sulfide) groups is 1. The number of amides is 2. The molecule has 1 aromatic rings. The Balaban J connectivity index is 1.38. The van der Waals surface area contributed by atoms with E-state index in [0.29, 0.717) is 17.4 Å². The molecule has 2 saturated heterocycles. The van der Waals surface area contributed by atoms with Crippen LogP contribution in [0.15, 0.2) is 18.3 Å². The maximum atomic E-state index is 11.8. The molecule has 1 aromatic heterocycles. The molecular formula is C14H19N3O2S. The molecule has 0 aliphatic carbocycles. The van der Waals surface area contributed by atoms with E-state index in [1.165, 1.54) is 0 Å². The van der Waals surface area contributed by atoms with Gasteiger partial charge in [-0.05, 0) is 25.0 Å². The van der Waals surface area contributed by atoms with Crippen LogP contribution in [0.4, 0.5) is 4.79 Å². The zero-order valence-corrected chi connectivity index (χ0v) is 12.0. The summed E-state index contributed by atoms with van der Waals surface area (Å²) in [5, 5.41) is 6.42. The Labute approximate surface area is 122 Å². The molecule has 2 amide bonds. The van der Waals surface area contributed by atoms with Crippen LogP contribution >= 0.6 is 11.8 Å². The second-order valence-electron chi connectivity index (χ2n) is 5.37. The molecule has 0 radical (unpaired) electrons. The van der Waals surface area contributed by atoms with E-state index in [2.05, 4.69) is 15.6 Å². The minimum atomic E-state index is -0.0350. The van der Waals surface area contributed by atoms with Crippen molar-refractivity contribution in [2.75, 3.05) is 5.75 Å². The van der Waals surface area contributed by atoms with Gasteiger partial charge in [-0.25, -0.2) is 4.79 Å². The molecular weight excluding hydrogens is 274 g/mol. The van der Waals surface area contributed by atoms with E-state index in [0.717, 1.165) is 25.0 Å². The molecule has 3 atom stereocenters. The van der Waals surface area contributed by atoms with Crippen LogP contribution in [-0.4, -0.2) is 39.9 Å². The lowest BCUT2D eigenvalue weighted by atomic mass is 10.0. The third-order valence-electron chi connectivity index (χ3n) is 3.98. The van der Waals surface area contributed by atoms with Gasteiger partial charge in [0, 0.05) is 23.6 Å². The van der Waals surface area contributed by atoms with Crippen molar-refractivity contribution >= 4 is 23.6 Å². The van der Waals surface area contributed by atoms with Gasteiger partial charge < -0.3 is 15.6 Å². The Bertz CT molecular complexity index is 489. The molecule has 0 saturated carbocycles. The van der Waals surface area contributed by atoms with Gasteiger partial charge in [-0.2, -0.15) is 11.8 Å². The number of nitrogens with one attached hydrogen (secondary N) is 3. The monoisotopic (exact) mass is 293 g/mol.